The Labute approximate surface area is 203 Å². The summed E-state index contributed by atoms with van der Waals surface area (Å²) in [5, 5.41) is 17.4. The molecule has 0 bridgehead atoms. The van der Waals surface area contributed by atoms with Crippen LogP contribution >= 0.6 is 11.6 Å². The van der Waals surface area contributed by atoms with Gasteiger partial charge < -0.3 is 10.0 Å². The average molecular weight is 485 g/mol. The third-order valence-electron chi connectivity index (χ3n) is 9.64. The molecular formula is C25H42ClFN4O2. The van der Waals surface area contributed by atoms with Crippen LogP contribution in [0, 0.1) is 29.6 Å². The third-order valence-corrected chi connectivity index (χ3v) is 10.1. The van der Waals surface area contributed by atoms with Crippen molar-refractivity contribution >= 4 is 17.5 Å². The summed E-state index contributed by atoms with van der Waals surface area (Å²) in [4.78, 5) is 16.4. The summed E-state index contributed by atoms with van der Waals surface area (Å²) in [6, 6.07) is -0.201. The molecule has 10 unspecified atom stereocenters. The van der Waals surface area contributed by atoms with E-state index in [9.17, 15) is 9.90 Å². The number of carbonyl (C=O) groups excluding carboxylic acids is 1. The molecular weight excluding hydrogens is 443 g/mol. The van der Waals surface area contributed by atoms with Gasteiger partial charge in [-0.15, -0.1) is 11.6 Å². The van der Waals surface area contributed by atoms with Gasteiger partial charge in [0.05, 0.1) is 12.3 Å². The molecule has 6 nitrogen and oxygen atoms in total. The molecule has 5 rings (SSSR count). The zero-order chi connectivity index (χ0) is 23.1. The summed E-state index contributed by atoms with van der Waals surface area (Å²) >= 11 is 7.05. The quantitative estimate of drug-likeness (QED) is 0.537. The molecule has 0 aromatic rings. The fourth-order valence-electron chi connectivity index (χ4n) is 8.11. The van der Waals surface area contributed by atoms with Gasteiger partial charge in [-0.3, -0.25) is 20.3 Å². The summed E-state index contributed by atoms with van der Waals surface area (Å²) in [6.45, 7) is 5.63. The molecule has 0 spiro atoms. The number of piperazine rings is 1. The van der Waals surface area contributed by atoms with Crippen molar-refractivity contribution in [2.24, 2.45) is 29.6 Å². The van der Waals surface area contributed by atoms with Gasteiger partial charge in [0.15, 0.2) is 0 Å². The van der Waals surface area contributed by atoms with Crippen LogP contribution in [0.4, 0.5) is 4.39 Å². The highest BCUT2D eigenvalue weighted by Gasteiger charge is 2.55. The first-order valence-corrected chi connectivity index (χ1v) is 13.9. The number of carbonyl (C=O) groups is 1. The molecule has 2 aliphatic heterocycles. The van der Waals surface area contributed by atoms with Crippen molar-refractivity contribution in [3.8, 4) is 0 Å². The Balaban J connectivity index is 1.29. The van der Waals surface area contributed by atoms with Gasteiger partial charge >= 0.3 is 0 Å². The van der Waals surface area contributed by atoms with E-state index in [1.54, 1.807) is 0 Å². The first kappa shape index (κ1) is 24.2. The Morgan fingerprint density at radius 3 is 2.55 bits per heavy atom. The molecule has 0 radical (unpaired) electrons. The van der Waals surface area contributed by atoms with Crippen molar-refractivity contribution in [1.82, 2.24) is 20.4 Å². The lowest BCUT2D eigenvalue weighted by Crippen LogP contribution is -2.71. The first-order valence-electron chi connectivity index (χ1n) is 13.4. The van der Waals surface area contributed by atoms with Crippen molar-refractivity contribution in [2.45, 2.75) is 88.2 Å². The minimum Gasteiger partial charge on any atom is -0.393 e. The van der Waals surface area contributed by atoms with Crippen LogP contribution in [0.5, 0.6) is 0 Å². The summed E-state index contributed by atoms with van der Waals surface area (Å²) in [6.07, 6.45) is 6.55. The molecule has 2 saturated heterocycles. The van der Waals surface area contributed by atoms with Gasteiger partial charge in [-0.25, -0.2) is 4.39 Å². The maximum absolute atomic E-state index is 16.3. The molecule has 1 amide bonds. The topological polar surface area (TPSA) is 67.8 Å². The van der Waals surface area contributed by atoms with Crippen LogP contribution < -0.4 is 10.6 Å². The van der Waals surface area contributed by atoms with Crippen molar-refractivity contribution in [1.29, 1.82) is 0 Å². The van der Waals surface area contributed by atoms with E-state index in [2.05, 4.69) is 15.5 Å². The van der Waals surface area contributed by atoms with Crippen LogP contribution in [0.3, 0.4) is 0 Å². The van der Waals surface area contributed by atoms with E-state index in [1.165, 1.54) is 25.7 Å². The normalized spacial score (nSPS) is 47.0. The second kappa shape index (κ2) is 10.3. The highest BCUT2D eigenvalue weighted by atomic mass is 35.5. The maximum atomic E-state index is 16.3. The number of nitrogens with one attached hydrogen (secondary N) is 2. The van der Waals surface area contributed by atoms with Crippen LogP contribution in [0.2, 0.25) is 0 Å². The number of nitrogens with zero attached hydrogens (tertiary/aromatic N) is 2. The van der Waals surface area contributed by atoms with Gasteiger partial charge in [0.25, 0.3) is 0 Å². The van der Waals surface area contributed by atoms with Crippen LogP contribution in [0.25, 0.3) is 0 Å². The summed E-state index contributed by atoms with van der Waals surface area (Å²) < 4.78 is 16.3. The van der Waals surface area contributed by atoms with Crippen LogP contribution in [0.1, 0.15) is 58.3 Å². The Kier molecular flexibility index (Phi) is 7.53. The standard InChI is InChI=1S/C25H42ClFN4O2/c1-2-21(33)30-7-9-31(10-8-30)25-19-13-20(26)22(23(27)24(19)28-14-29-25)18-12-16(32)11-15-5-3-4-6-17(15)18/h15-20,22-25,28-29,32H,2-14H2,1H3. The predicted molar refractivity (Wildman–Crippen MR) is 127 cm³/mol. The number of alkyl halides is 2. The predicted octanol–water partition coefficient (Wildman–Crippen LogP) is 2.54. The van der Waals surface area contributed by atoms with Gasteiger partial charge in [0.1, 0.15) is 6.17 Å². The maximum Gasteiger partial charge on any atom is 0.222 e. The summed E-state index contributed by atoms with van der Waals surface area (Å²) in [5.41, 5.74) is 0. The van der Waals surface area contributed by atoms with Gasteiger partial charge in [-0.05, 0) is 43.4 Å². The molecule has 3 N–H and O–H groups in total. The Hall–Kier alpha value is -0.470. The van der Waals surface area contributed by atoms with Crippen LogP contribution in [-0.4, -0.2) is 83.5 Å². The lowest BCUT2D eigenvalue weighted by molar-refractivity contribution is -0.133. The smallest absolute Gasteiger partial charge is 0.222 e. The zero-order valence-corrected chi connectivity index (χ0v) is 20.7. The molecule has 3 saturated carbocycles. The van der Waals surface area contributed by atoms with Crippen molar-refractivity contribution < 1.29 is 14.3 Å². The fourth-order valence-corrected chi connectivity index (χ4v) is 8.64. The number of aliphatic hydroxyl groups excluding tert-OH is 1. The Bertz CT molecular complexity index is 693. The lowest BCUT2D eigenvalue weighted by Gasteiger charge is -2.55. The molecule has 8 heteroatoms. The van der Waals surface area contributed by atoms with Crippen molar-refractivity contribution in [3.05, 3.63) is 0 Å². The first-order chi connectivity index (χ1) is 16.0. The largest absolute Gasteiger partial charge is 0.393 e. The zero-order valence-electron chi connectivity index (χ0n) is 20.0. The average Bonchev–Trinajstić information content (AvgIpc) is 2.83. The Morgan fingerprint density at radius 1 is 1.03 bits per heavy atom. The SMILES string of the molecule is CCC(=O)N1CCN(C2NCNC3C(F)C(C4CC(O)CC5CCCCC54)C(Cl)CC32)CC1. The fraction of sp³-hybridized carbons (Fsp3) is 0.960. The van der Waals surface area contributed by atoms with E-state index in [4.69, 9.17) is 11.6 Å². The molecule has 5 fully saturated rings. The molecule has 10 atom stereocenters. The summed E-state index contributed by atoms with van der Waals surface area (Å²) in [5.74, 6) is 1.39. The second-order valence-electron chi connectivity index (χ2n) is 11.3. The molecule has 33 heavy (non-hydrogen) atoms. The number of fused-ring (bicyclic) bond motifs is 2. The van der Waals surface area contributed by atoms with Crippen molar-refractivity contribution in [3.63, 3.8) is 0 Å². The molecule has 0 aromatic heterocycles. The molecule has 0 aromatic carbocycles. The highest BCUT2D eigenvalue weighted by molar-refractivity contribution is 6.21. The van der Waals surface area contributed by atoms with Crippen LogP contribution in [-0.2, 0) is 4.79 Å². The van der Waals surface area contributed by atoms with Crippen molar-refractivity contribution in [2.75, 3.05) is 32.8 Å². The molecule has 5 aliphatic rings. The number of hydrogen-bond donors (Lipinski definition) is 3. The number of hydrogen-bond acceptors (Lipinski definition) is 5. The minimum atomic E-state index is -0.989. The number of aliphatic hydroxyl groups is 1. The molecule has 2 heterocycles. The van der Waals surface area contributed by atoms with Crippen LogP contribution in [0.15, 0.2) is 0 Å². The minimum absolute atomic E-state index is 0.0925. The van der Waals surface area contributed by atoms with E-state index < -0.39 is 6.17 Å². The Morgan fingerprint density at radius 2 is 1.79 bits per heavy atom. The van der Waals surface area contributed by atoms with Gasteiger partial charge in [-0.1, -0.05) is 26.2 Å². The van der Waals surface area contributed by atoms with Gasteiger partial charge in [0.2, 0.25) is 5.91 Å². The van der Waals surface area contributed by atoms with Gasteiger partial charge in [-0.2, -0.15) is 0 Å². The molecule has 3 aliphatic carbocycles. The number of rotatable bonds is 3. The number of halogens is 2. The second-order valence-corrected chi connectivity index (χ2v) is 11.8. The molecule has 188 valence electrons. The monoisotopic (exact) mass is 484 g/mol. The number of amides is 1. The van der Waals surface area contributed by atoms with E-state index in [1.807, 2.05) is 11.8 Å². The van der Waals surface area contributed by atoms with E-state index in [0.29, 0.717) is 31.3 Å². The van der Waals surface area contributed by atoms with E-state index in [0.717, 1.165) is 39.0 Å². The van der Waals surface area contributed by atoms with E-state index >= 15 is 4.39 Å². The van der Waals surface area contributed by atoms with E-state index in [-0.39, 0.29) is 47.3 Å². The highest BCUT2D eigenvalue weighted by Crippen LogP contribution is 2.52. The summed E-state index contributed by atoms with van der Waals surface area (Å²) in [7, 11) is 0. The third kappa shape index (κ3) is 4.69. The van der Waals surface area contributed by atoms with Gasteiger partial charge in [0, 0.05) is 62.5 Å². The lowest BCUT2D eigenvalue weighted by atomic mass is 9.57.